The molecule has 0 aromatic rings. The minimum absolute atomic E-state index is 0.0292. The van der Waals surface area contributed by atoms with Crippen molar-refractivity contribution in [1.29, 1.82) is 0 Å². The fourth-order valence-corrected chi connectivity index (χ4v) is 2.04. The Balaban J connectivity index is 2.59. The van der Waals surface area contributed by atoms with E-state index >= 15 is 0 Å². The van der Waals surface area contributed by atoms with Gasteiger partial charge in [0.15, 0.2) is 0 Å². The van der Waals surface area contributed by atoms with Gasteiger partial charge in [-0.3, -0.25) is 4.79 Å². The summed E-state index contributed by atoms with van der Waals surface area (Å²) in [5.41, 5.74) is 4.79. The Kier molecular flexibility index (Phi) is 3.91. The van der Waals surface area contributed by atoms with E-state index in [0.29, 0.717) is 19.3 Å². The van der Waals surface area contributed by atoms with Gasteiger partial charge in [-0.25, -0.2) is 4.79 Å². The third kappa shape index (κ3) is 2.72. The maximum Gasteiger partial charge on any atom is 0.331 e. The molecule has 0 radical (unpaired) electrons. The summed E-state index contributed by atoms with van der Waals surface area (Å²) >= 11 is 0. The van der Waals surface area contributed by atoms with Gasteiger partial charge in [-0.15, -0.1) is 0 Å². The predicted octanol–water partition coefficient (Wildman–Crippen LogP) is 0.182. The monoisotopic (exact) mass is 228 g/mol. The number of amides is 1. The van der Waals surface area contributed by atoms with Crippen molar-refractivity contribution < 1.29 is 14.3 Å². The smallest absolute Gasteiger partial charge is 0.331 e. The summed E-state index contributed by atoms with van der Waals surface area (Å²) in [4.78, 5) is 23.2. The average Bonchev–Trinajstić information content (AvgIpc) is 2.12. The number of carbonyl (C=O) groups is 2. The summed E-state index contributed by atoms with van der Waals surface area (Å²) in [6, 6.07) is -0.0292. The number of carbonyl (C=O) groups excluding carboxylic acids is 2. The summed E-state index contributed by atoms with van der Waals surface area (Å²) in [6.45, 7) is 3.91. The summed E-state index contributed by atoms with van der Waals surface area (Å²) < 4.78 is 4.70. The molecule has 5 nitrogen and oxygen atoms in total. The van der Waals surface area contributed by atoms with E-state index < -0.39 is 11.5 Å². The molecule has 0 saturated heterocycles. The molecule has 1 rings (SSSR count). The summed E-state index contributed by atoms with van der Waals surface area (Å²) in [6.07, 6.45) is 1.33. The average molecular weight is 228 g/mol. The molecule has 0 bridgehead atoms. The first kappa shape index (κ1) is 13.0. The Labute approximate surface area is 95.7 Å². The van der Waals surface area contributed by atoms with Crippen LogP contribution in [-0.2, 0) is 14.3 Å². The fourth-order valence-electron chi connectivity index (χ4n) is 2.04. The lowest BCUT2D eigenvalue weighted by Gasteiger charge is -2.43. The van der Waals surface area contributed by atoms with E-state index in [9.17, 15) is 9.59 Å². The van der Waals surface area contributed by atoms with E-state index in [1.54, 1.807) is 0 Å². The second-order valence-corrected chi connectivity index (χ2v) is 4.89. The number of ether oxygens (including phenoxy) is 1. The van der Waals surface area contributed by atoms with Crippen molar-refractivity contribution in [2.24, 2.45) is 11.7 Å². The molecule has 0 unspecified atom stereocenters. The van der Waals surface area contributed by atoms with E-state index in [2.05, 4.69) is 5.32 Å². The van der Waals surface area contributed by atoms with Crippen LogP contribution in [0.25, 0.3) is 0 Å². The number of hydrogen-bond donors (Lipinski definition) is 2. The Morgan fingerprint density at radius 2 is 2.06 bits per heavy atom. The first-order chi connectivity index (χ1) is 7.39. The molecule has 0 aromatic carbocycles. The number of nitrogens with one attached hydrogen (secondary N) is 1. The number of methoxy groups -OCH3 is 1. The van der Waals surface area contributed by atoms with Gasteiger partial charge in [0, 0.05) is 12.5 Å². The molecule has 0 aromatic heterocycles. The molecule has 1 aliphatic carbocycles. The Hall–Kier alpha value is -1.10. The second-order valence-electron chi connectivity index (χ2n) is 4.89. The number of rotatable bonds is 4. The van der Waals surface area contributed by atoms with Gasteiger partial charge in [0.25, 0.3) is 0 Å². The minimum Gasteiger partial charge on any atom is -0.467 e. The summed E-state index contributed by atoms with van der Waals surface area (Å²) in [7, 11) is 1.32. The van der Waals surface area contributed by atoms with Gasteiger partial charge < -0.3 is 15.8 Å². The highest BCUT2D eigenvalue weighted by molar-refractivity contribution is 5.89. The van der Waals surface area contributed by atoms with Gasteiger partial charge in [0.2, 0.25) is 5.91 Å². The van der Waals surface area contributed by atoms with Crippen molar-refractivity contribution in [2.75, 3.05) is 7.11 Å². The zero-order valence-electron chi connectivity index (χ0n) is 10.1. The first-order valence-electron chi connectivity index (χ1n) is 5.54. The highest BCUT2D eigenvalue weighted by Gasteiger charge is 2.50. The molecule has 0 heterocycles. The van der Waals surface area contributed by atoms with Gasteiger partial charge in [0.05, 0.1) is 7.11 Å². The lowest BCUT2D eigenvalue weighted by Crippen LogP contribution is -2.66. The maximum absolute atomic E-state index is 11.6. The largest absolute Gasteiger partial charge is 0.467 e. The fraction of sp³-hybridized carbons (Fsp3) is 0.818. The quantitative estimate of drug-likeness (QED) is 0.673. The van der Waals surface area contributed by atoms with E-state index in [1.165, 1.54) is 7.11 Å². The molecular weight excluding hydrogens is 208 g/mol. The lowest BCUT2D eigenvalue weighted by molar-refractivity contribution is -0.156. The molecule has 92 valence electrons. The van der Waals surface area contributed by atoms with Crippen LogP contribution in [0.5, 0.6) is 0 Å². The van der Waals surface area contributed by atoms with Gasteiger partial charge in [-0.05, 0) is 18.8 Å². The van der Waals surface area contributed by atoms with E-state index in [-0.39, 0.29) is 17.9 Å². The third-order valence-corrected chi connectivity index (χ3v) is 2.77. The predicted molar refractivity (Wildman–Crippen MR) is 59.6 cm³/mol. The third-order valence-electron chi connectivity index (χ3n) is 2.77. The van der Waals surface area contributed by atoms with Crippen LogP contribution in [0.3, 0.4) is 0 Å². The van der Waals surface area contributed by atoms with Crippen molar-refractivity contribution in [2.45, 2.75) is 44.7 Å². The SMILES string of the molecule is COC(=O)C1(NC(=O)CC(C)C)CC(N)C1. The highest BCUT2D eigenvalue weighted by atomic mass is 16.5. The molecule has 1 saturated carbocycles. The van der Waals surface area contributed by atoms with Crippen molar-refractivity contribution >= 4 is 11.9 Å². The van der Waals surface area contributed by atoms with Gasteiger partial charge in [-0.1, -0.05) is 13.8 Å². The highest BCUT2D eigenvalue weighted by Crippen LogP contribution is 2.32. The minimum atomic E-state index is -0.875. The number of hydrogen-bond acceptors (Lipinski definition) is 4. The molecule has 1 fully saturated rings. The molecule has 0 atom stereocenters. The first-order valence-corrected chi connectivity index (χ1v) is 5.54. The van der Waals surface area contributed by atoms with Crippen LogP contribution in [0.1, 0.15) is 33.1 Å². The topological polar surface area (TPSA) is 81.4 Å². The lowest BCUT2D eigenvalue weighted by atomic mass is 9.73. The number of nitrogens with two attached hydrogens (primary N) is 1. The van der Waals surface area contributed by atoms with Crippen LogP contribution in [0, 0.1) is 5.92 Å². The molecule has 3 N–H and O–H groups in total. The molecule has 16 heavy (non-hydrogen) atoms. The standard InChI is InChI=1S/C11H20N2O3/c1-7(2)4-9(14)13-11(10(15)16-3)5-8(12)6-11/h7-8H,4-6,12H2,1-3H3,(H,13,14). The van der Waals surface area contributed by atoms with E-state index in [4.69, 9.17) is 10.5 Å². The zero-order chi connectivity index (χ0) is 12.3. The van der Waals surface area contributed by atoms with Crippen molar-refractivity contribution in [3.8, 4) is 0 Å². The van der Waals surface area contributed by atoms with Gasteiger partial charge >= 0.3 is 5.97 Å². The molecule has 1 amide bonds. The number of esters is 1. The van der Waals surface area contributed by atoms with Gasteiger partial charge in [0.1, 0.15) is 5.54 Å². The normalized spacial score (nSPS) is 28.4. The Morgan fingerprint density at radius 1 is 1.50 bits per heavy atom. The van der Waals surface area contributed by atoms with Crippen LogP contribution in [-0.4, -0.2) is 30.6 Å². The second kappa shape index (κ2) is 4.82. The van der Waals surface area contributed by atoms with Gasteiger partial charge in [-0.2, -0.15) is 0 Å². The molecule has 5 heteroatoms. The van der Waals surface area contributed by atoms with E-state index in [1.807, 2.05) is 13.8 Å². The van der Waals surface area contributed by atoms with Crippen LogP contribution in [0.4, 0.5) is 0 Å². The van der Waals surface area contributed by atoms with Crippen LogP contribution >= 0.6 is 0 Å². The molecule has 1 aliphatic rings. The molecule has 0 aliphatic heterocycles. The Bertz CT molecular complexity index is 283. The van der Waals surface area contributed by atoms with Crippen LogP contribution in [0.15, 0.2) is 0 Å². The van der Waals surface area contributed by atoms with Crippen molar-refractivity contribution in [3.05, 3.63) is 0 Å². The Morgan fingerprint density at radius 3 is 2.44 bits per heavy atom. The molecular formula is C11H20N2O3. The van der Waals surface area contributed by atoms with Crippen LogP contribution in [0.2, 0.25) is 0 Å². The summed E-state index contributed by atoms with van der Waals surface area (Å²) in [5.74, 6) is -0.248. The van der Waals surface area contributed by atoms with Crippen LogP contribution < -0.4 is 11.1 Å². The van der Waals surface area contributed by atoms with Crippen molar-refractivity contribution in [3.63, 3.8) is 0 Å². The molecule has 0 spiro atoms. The van der Waals surface area contributed by atoms with E-state index in [0.717, 1.165) is 0 Å². The zero-order valence-corrected chi connectivity index (χ0v) is 10.1. The maximum atomic E-state index is 11.6. The summed E-state index contributed by atoms with van der Waals surface area (Å²) in [5, 5.41) is 2.75. The van der Waals surface area contributed by atoms with Crippen molar-refractivity contribution in [1.82, 2.24) is 5.32 Å².